The van der Waals surface area contributed by atoms with Crippen LogP contribution in [0.2, 0.25) is 0 Å². The van der Waals surface area contributed by atoms with Crippen LogP contribution in [0.25, 0.3) is 0 Å². The van der Waals surface area contributed by atoms with E-state index in [1.54, 1.807) is 24.3 Å². The maximum atomic E-state index is 11.4. The molecule has 0 radical (unpaired) electrons. The first-order valence-electron chi connectivity index (χ1n) is 4.05. The molecule has 2 amide bonds. The molecule has 1 heterocycles. The molecule has 1 aromatic carbocycles. The predicted octanol–water partition coefficient (Wildman–Crippen LogP) is 0.797. The van der Waals surface area contributed by atoms with E-state index in [0.717, 1.165) is 0 Å². The van der Waals surface area contributed by atoms with Crippen molar-refractivity contribution < 1.29 is 9.59 Å². The summed E-state index contributed by atoms with van der Waals surface area (Å²) in [5, 5.41) is 0. The number of hydrogen-bond acceptors (Lipinski definition) is 2. The molecular weight excluding hydrogens is 204 g/mol. The van der Waals surface area contributed by atoms with Gasteiger partial charge in [0.2, 0.25) is 0 Å². The van der Waals surface area contributed by atoms with Crippen LogP contribution in [-0.4, -0.2) is 16.3 Å². The van der Waals surface area contributed by atoms with Gasteiger partial charge in [0.25, 0.3) is 11.8 Å². The molecule has 2 rings (SSSR count). The fraction of sp³-hybridized carbons (Fsp3) is 0.111. The van der Waals surface area contributed by atoms with Crippen LogP contribution in [0.3, 0.4) is 0 Å². The Hall–Kier alpha value is -1.55. The van der Waals surface area contributed by atoms with Gasteiger partial charge >= 0.3 is 0 Å². The normalized spacial score (nSPS) is 21.2. The van der Waals surface area contributed by atoms with Crippen LogP contribution in [0, 0.1) is 0 Å². The number of nitrogens with one attached hydrogen (secondary N) is 1. The molecule has 1 atom stereocenters. The highest BCUT2D eigenvalue weighted by Crippen LogP contribution is 2.23. The number of hydrazine groups is 1. The highest BCUT2D eigenvalue weighted by Gasteiger charge is 2.39. The van der Waals surface area contributed by atoms with Crippen LogP contribution >= 0.6 is 11.8 Å². The SMILES string of the molecule is O=C1NN(Cl)C(=O)C1c1ccccc1. The number of amides is 2. The number of benzene rings is 1. The van der Waals surface area contributed by atoms with E-state index in [9.17, 15) is 9.59 Å². The van der Waals surface area contributed by atoms with Gasteiger partial charge < -0.3 is 0 Å². The van der Waals surface area contributed by atoms with Crippen molar-refractivity contribution in [3.05, 3.63) is 35.9 Å². The van der Waals surface area contributed by atoms with Gasteiger partial charge in [0.05, 0.1) is 0 Å². The molecule has 1 unspecified atom stereocenters. The summed E-state index contributed by atoms with van der Waals surface area (Å²) < 4.78 is 0.694. The molecule has 0 aromatic heterocycles. The molecule has 14 heavy (non-hydrogen) atoms. The maximum absolute atomic E-state index is 11.4. The zero-order chi connectivity index (χ0) is 10.1. The summed E-state index contributed by atoms with van der Waals surface area (Å²) >= 11 is 5.45. The van der Waals surface area contributed by atoms with Gasteiger partial charge in [0.15, 0.2) is 0 Å². The van der Waals surface area contributed by atoms with Crippen molar-refractivity contribution in [1.29, 1.82) is 0 Å². The Morgan fingerprint density at radius 3 is 2.36 bits per heavy atom. The third-order valence-corrected chi connectivity index (χ3v) is 2.30. The molecule has 1 fully saturated rings. The Bertz CT molecular complexity index is 380. The first-order chi connectivity index (χ1) is 6.70. The Morgan fingerprint density at radius 1 is 1.21 bits per heavy atom. The number of hydrogen-bond donors (Lipinski definition) is 1. The van der Waals surface area contributed by atoms with Crippen molar-refractivity contribution in [2.45, 2.75) is 5.92 Å². The zero-order valence-electron chi connectivity index (χ0n) is 7.11. The quantitative estimate of drug-likeness (QED) is 0.551. The molecule has 1 aliphatic rings. The second kappa shape index (κ2) is 3.31. The number of rotatable bonds is 1. The van der Waals surface area contributed by atoms with Crippen LogP contribution < -0.4 is 5.43 Å². The molecule has 1 saturated heterocycles. The van der Waals surface area contributed by atoms with Crippen LogP contribution in [0.1, 0.15) is 11.5 Å². The van der Waals surface area contributed by atoms with Gasteiger partial charge in [0, 0.05) is 11.8 Å². The van der Waals surface area contributed by atoms with E-state index in [1.807, 2.05) is 6.07 Å². The fourth-order valence-electron chi connectivity index (χ4n) is 1.38. The summed E-state index contributed by atoms with van der Waals surface area (Å²) in [6, 6.07) is 8.80. The Kier molecular flexibility index (Phi) is 2.13. The second-order valence-electron chi connectivity index (χ2n) is 2.94. The molecular formula is C9H7ClN2O2. The molecule has 0 aliphatic carbocycles. The van der Waals surface area contributed by atoms with Crippen LogP contribution in [-0.2, 0) is 9.59 Å². The summed E-state index contributed by atoms with van der Waals surface area (Å²) in [5.74, 6) is -1.65. The van der Waals surface area contributed by atoms with E-state index in [1.165, 1.54) is 0 Å². The van der Waals surface area contributed by atoms with Gasteiger partial charge in [-0.05, 0) is 5.56 Å². The Labute approximate surface area is 85.5 Å². The topological polar surface area (TPSA) is 49.4 Å². The van der Waals surface area contributed by atoms with E-state index < -0.39 is 17.7 Å². The van der Waals surface area contributed by atoms with Crippen LogP contribution in [0.4, 0.5) is 0 Å². The zero-order valence-corrected chi connectivity index (χ0v) is 7.86. The van der Waals surface area contributed by atoms with E-state index in [-0.39, 0.29) is 0 Å². The number of halogens is 1. The molecule has 5 heteroatoms. The maximum Gasteiger partial charge on any atom is 0.273 e. The summed E-state index contributed by atoms with van der Waals surface area (Å²) in [6.07, 6.45) is 0. The van der Waals surface area contributed by atoms with Crippen molar-refractivity contribution in [2.24, 2.45) is 0 Å². The lowest BCUT2D eigenvalue weighted by atomic mass is 9.99. The second-order valence-corrected chi connectivity index (χ2v) is 3.28. The van der Waals surface area contributed by atoms with Gasteiger partial charge in [-0.1, -0.05) is 30.3 Å². The summed E-state index contributed by atoms with van der Waals surface area (Å²) in [7, 11) is 0. The van der Waals surface area contributed by atoms with Crippen molar-refractivity contribution in [1.82, 2.24) is 9.95 Å². The molecule has 0 bridgehead atoms. The number of carbonyl (C=O) groups is 2. The number of nitrogens with zero attached hydrogens (tertiary/aromatic N) is 1. The molecule has 1 aliphatic heterocycles. The first kappa shape index (κ1) is 9.02. The molecule has 72 valence electrons. The summed E-state index contributed by atoms with van der Waals surface area (Å²) in [6.45, 7) is 0. The van der Waals surface area contributed by atoms with E-state index in [2.05, 4.69) is 5.43 Å². The molecule has 0 saturated carbocycles. The molecule has 4 nitrogen and oxygen atoms in total. The van der Waals surface area contributed by atoms with Gasteiger partial charge in [0.1, 0.15) is 5.92 Å². The minimum absolute atomic E-state index is 0.392. The average Bonchev–Trinajstić information content (AvgIpc) is 2.43. The predicted molar refractivity (Wildman–Crippen MR) is 50.0 cm³/mol. The van der Waals surface area contributed by atoms with E-state index >= 15 is 0 Å². The van der Waals surface area contributed by atoms with Crippen LogP contribution in [0.5, 0.6) is 0 Å². The van der Waals surface area contributed by atoms with Gasteiger partial charge in [-0.3, -0.25) is 9.59 Å². The Morgan fingerprint density at radius 2 is 1.86 bits per heavy atom. The molecule has 1 N–H and O–H groups in total. The Balaban J connectivity index is 2.36. The lowest BCUT2D eigenvalue weighted by Gasteiger charge is -2.03. The van der Waals surface area contributed by atoms with Gasteiger partial charge in [-0.15, -0.1) is 0 Å². The standard InChI is InChI=1S/C9H7ClN2O2/c10-12-9(14)7(8(13)11-12)6-4-2-1-3-5-6/h1-5,7H,(H,11,13). The van der Waals surface area contributed by atoms with E-state index in [0.29, 0.717) is 10.1 Å². The lowest BCUT2D eigenvalue weighted by Crippen LogP contribution is -2.26. The van der Waals surface area contributed by atoms with E-state index in [4.69, 9.17) is 11.8 Å². The van der Waals surface area contributed by atoms with Crippen molar-refractivity contribution >= 4 is 23.6 Å². The minimum atomic E-state index is -0.811. The smallest absolute Gasteiger partial charge is 0.272 e. The summed E-state index contributed by atoms with van der Waals surface area (Å²) in [4.78, 5) is 22.8. The first-order valence-corrected chi connectivity index (χ1v) is 4.39. The molecule has 1 aromatic rings. The van der Waals surface area contributed by atoms with Gasteiger partial charge in [-0.25, -0.2) is 5.43 Å². The van der Waals surface area contributed by atoms with Gasteiger partial charge in [-0.2, -0.15) is 4.53 Å². The minimum Gasteiger partial charge on any atom is -0.272 e. The highest BCUT2D eigenvalue weighted by molar-refractivity contribution is 6.28. The molecule has 0 spiro atoms. The number of carbonyl (C=O) groups excluding carboxylic acids is 2. The summed E-state index contributed by atoms with van der Waals surface area (Å²) in [5.41, 5.74) is 2.88. The van der Waals surface area contributed by atoms with Crippen molar-refractivity contribution in [3.63, 3.8) is 0 Å². The monoisotopic (exact) mass is 210 g/mol. The van der Waals surface area contributed by atoms with Crippen LogP contribution in [0.15, 0.2) is 30.3 Å². The third-order valence-electron chi connectivity index (χ3n) is 2.04. The fourth-order valence-corrected chi connectivity index (χ4v) is 1.56. The largest absolute Gasteiger partial charge is 0.273 e. The average molecular weight is 211 g/mol. The third kappa shape index (κ3) is 1.33. The van der Waals surface area contributed by atoms with Crippen molar-refractivity contribution in [2.75, 3.05) is 0 Å². The lowest BCUT2D eigenvalue weighted by molar-refractivity contribution is -0.126. The highest BCUT2D eigenvalue weighted by atomic mass is 35.5. The van der Waals surface area contributed by atoms with Crippen molar-refractivity contribution in [3.8, 4) is 0 Å².